The summed E-state index contributed by atoms with van der Waals surface area (Å²) in [5.41, 5.74) is 1.54. The second-order valence-corrected chi connectivity index (χ2v) is 5.94. The lowest BCUT2D eigenvalue weighted by atomic mass is 9.82. The molecular formula is C16H27NO. The highest BCUT2D eigenvalue weighted by molar-refractivity contribution is 5.15. The lowest BCUT2D eigenvalue weighted by molar-refractivity contribution is -0.0112. The minimum atomic E-state index is 0.152. The van der Waals surface area contributed by atoms with Gasteiger partial charge in [-0.15, -0.1) is 0 Å². The number of likely N-dealkylation sites (N-methyl/N-ethyl adjacent to an activating group) is 1. The van der Waals surface area contributed by atoms with Crippen LogP contribution in [0.1, 0.15) is 32.8 Å². The molecule has 0 bridgehead atoms. The average Bonchev–Trinajstić information content (AvgIpc) is 2.34. The van der Waals surface area contributed by atoms with Gasteiger partial charge in [-0.3, -0.25) is 0 Å². The second kappa shape index (κ2) is 6.91. The van der Waals surface area contributed by atoms with Crippen LogP contribution in [-0.2, 0) is 11.2 Å². The van der Waals surface area contributed by atoms with E-state index in [0.29, 0.717) is 6.04 Å². The molecule has 1 rings (SSSR count). The highest BCUT2D eigenvalue weighted by Gasteiger charge is 2.31. The van der Waals surface area contributed by atoms with Crippen molar-refractivity contribution in [3.63, 3.8) is 0 Å². The number of hydrogen-bond acceptors (Lipinski definition) is 2. The van der Waals surface area contributed by atoms with E-state index in [9.17, 15) is 0 Å². The third-order valence-electron chi connectivity index (χ3n) is 3.43. The van der Waals surface area contributed by atoms with Crippen molar-refractivity contribution in [3.8, 4) is 0 Å². The molecule has 18 heavy (non-hydrogen) atoms. The predicted molar refractivity (Wildman–Crippen MR) is 77.9 cm³/mol. The van der Waals surface area contributed by atoms with E-state index < -0.39 is 0 Å². The zero-order chi connectivity index (χ0) is 13.6. The van der Waals surface area contributed by atoms with Crippen LogP contribution in [0.25, 0.3) is 0 Å². The maximum absolute atomic E-state index is 5.69. The third-order valence-corrected chi connectivity index (χ3v) is 3.43. The van der Waals surface area contributed by atoms with Gasteiger partial charge >= 0.3 is 0 Å². The zero-order valence-corrected chi connectivity index (χ0v) is 12.4. The van der Waals surface area contributed by atoms with Crippen molar-refractivity contribution in [1.29, 1.82) is 0 Å². The molecular weight excluding hydrogens is 222 g/mol. The van der Waals surface area contributed by atoms with Gasteiger partial charge in [0, 0.05) is 13.2 Å². The van der Waals surface area contributed by atoms with Gasteiger partial charge in [-0.05, 0) is 30.9 Å². The first-order chi connectivity index (χ1) is 8.49. The molecule has 2 heteroatoms. The van der Waals surface area contributed by atoms with E-state index in [2.05, 4.69) is 56.4 Å². The third kappa shape index (κ3) is 4.43. The highest BCUT2D eigenvalue weighted by Crippen LogP contribution is 2.26. The van der Waals surface area contributed by atoms with Crippen LogP contribution in [0.15, 0.2) is 30.3 Å². The van der Waals surface area contributed by atoms with Gasteiger partial charge in [0.2, 0.25) is 0 Å². The number of benzene rings is 1. The summed E-state index contributed by atoms with van der Waals surface area (Å²) in [6.07, 6.45) is 2.41. The largest absolute Gasteiger partial charge is 0.379 e. The molecule has 0 aromatic heterocycles. The minimum absolute atomic E-state index is 0.152. The van der Waals surface area contributed by atoms with Crippen LogP contribution < -0.4 is 5.32 Å². The van der Waals surface area contributed by atoms with Gasteiger partial charge in [0.15, 0.2) is 0 Å². The first kappa shape index (κ1) is 15.2. The number of ether oxygens (including phenoxy) is 1. The summed E-state index contributed by atoms with van der Waals surface area (Å²) < 4.78 is 5.69. The van der Waals surface area contributed by atoms with Crippen LogP contribution in [0.2, 0.25) is 0 Å². The summed E-state index contributed by atoms with van der Waals surface area (Å²) in [7, 11) is 3.83. The molecule has 2 nitrogen and oxygen atoms in total. The van der Waals surface area contributed by atoms with Crippen molar-refractivity contribution in [3.05, 3.63) is 35.9 Å². The molecule has 0 radical (unpaired) electrons. The molecule has 1 aromatic rings. The van der Waals surface area contributed by atoms with Crippen LogP contribution in [-0.4, -0.2) is 26.3 Å². The summed E-state index contributed by atoms with van der Waals surface area (Å²) in [5.74, 6) is 0. The maximum atomic E-state index is 5.69. The Balaban J connectivity index is 2.61. The van der Waals surface area contributed by atoms with E-state index in [1.807, 2.05) is 14.2 Å². The van der Waals surface area contributed by atoms with E-state index in [1.165, 1.54) is 5.56 Å². The number of rotatable bonds is 6. The van der Waals surface area contributed by atoms with Gasteiger partial charge in [-0.25, -0.2) is 0 Å². The first-order valence-corrected chi connectivity index (χ1v) is 6.73. The predicted octanol–water partition coefficient (Wildman–Crippen LogP) is 3.27. The Morgan fingerprint density at radius 3 is 2.22 bits per heavy atom. The maximum Gasteiger partial charge on any atom is 0.0772 e. The number of aryl methyl sites for hydroxylation is 1. The summed E-state index contributed by atoms with van der Waals surface area (Å²) in [5, 5.41) is 3.40. The fourth-order valence-electron chi connectivity index (χ4n) is 2.54. The van der Waals surface area contributed by atoms with Gasteiger partial charge in [-0.2, -0.15) is 0 Å². The minimum Gasteiger partial charge on any atom is -0.379 e. The summed E-state index contributed by atoms with van der Waals surface area (Å²) in [6.45, 7) is 6.69. The number of nitrogens with one attached hydrogen (secondary N) is 1. The molecule has 0 aliphatic heterocycles. The molecule has 102 valence electrons. The molecule has 0 saturated heterocycles. The molecule has 1 N–H and O–H groups in total. The van der Waals surface area contributed by atoms with Crippen LogP contribution in [0.4, 0.5) is 0 Å². The fraction of sp³-hybridized carbons (Fsp3) is 0.625. The van der Waals surface area contributed by atoms with E-state index in [-0.39, 0.29) is 11.5 Å². The molecule has 2 unspecified atom stereocenters. The molecule has 0 amide bonds. The molecule has 0 spiro atoms. The monoisotopic (exact) mass is 249 g/mol. The van der Waals surface area contributed by atoms with Crippen molar-refractivity contribution in [2.45, 2.75) is 45.8 Å². The Morgan fingerprint density at radius 1 is 1.17 bits per heavy atom. The number of hydrogen-bond donors (Lipinski definition) is 1. The van der Waals surface area contributed by atoms with Gasteiger partial charge < -0.3 is 10.1 Å². The second-order valence-electron chi connectivity index (χ2n) is 5.94. The molecule has 1 aromatic carbocycles. The van der Waals surface area contributed by atoms with Crippen LogP contribution in [0.3, 0.4) is 0 Å². The van der Waals surface area contributed by atoms with Crippen LogP contribution in [0.5, 0.6) is 0 Å². The SMILES string of the molecule is CNC(CCc1ccccc1)C(OC)C(C)(C)C. The quantitative estimate of drug-likeness (QED) is 0.835. The molecule has 0 aliphatic rings. The Hall–Kier alpha value is -0.860. The van der Waals surface area contributed by atoms with Crippen LogP contribution in [0, 0.1) is 5.41 Å². The van der Waals surface area contributed by atoms with Crippen molar-refractivity contribution in [2.24, 2.45) is 5.41 Å². The lowest BCUT2D eigenvalue weighted by Crippen LogP contribution is -2.46. The van der Waals surface area contributed by atoms with E-state index in [0.717, 1.165) is 12.8 Å². The van der Waals surface area contributed by atoms with E-state index in [4.69, 9.17) is 4.74 Å². The first-order valence-electron chi connectivity index (χ1n) is 6.73. The molecule has 0 heterocycles. The topological polar surface area (TPSA) is 21.3 Å². The Kier molecular flexibility index (Phi) is 5.83. The van der Waals surface area contributed by atoms with Crippen LogP contribution >= 0.6 is 0 Å². The highest BCUT2D eigenvalue weighted by atomic mass is 16.5. The van der Waals surface area contributed by atoms with Gasteiger partial charge in [-0.1, -0.05) is 51.1 Å². The fourth-order valence-corrected chi connectivity index (χ4v) is 2.54. The zero-order valence-electron chi connectivity index (χ0n) is 12.4. The summed E-state index contributed by atoms with van der Waals surface area (Å²) in [6, 6.07) is 11.0. The standard InChI is InChI=1S/C16H27NO/c1-16(2,3)15(18-5)14(17-4)12-11-13-9-7-6-8-10-13/h6-10,14-15,17H,11-12H2,1-5H3. The average molecular weight is 249 g/mol. The van der Waals surface area contributed by atoms with E-state index in [1.54, 1.807) is 0 Å². The van der Waals surface area contributed by atoms with Gasteiger partial charge in [0.05, 0.1) is 6.10 Å². The number of methoxy groups -OCH3 is 1. The van der Waals surface area contributed by atoms with E-state index >= 15 is 0 Å². The molecule has 2 atom stereocenters. The lowest BCUT2D eigenvalue weighted by Gasteiger charge is -2.36. The summed E-state index contributed by atoms with van der Waals surface area (Å²) >= 11 is 0. The summed E-state index contributed by atoms with van der Waals surface area (Å²) in [4.78, 5) is 0. The Morgan fingerprint density at radius 2 is 1.78 bits per heavy atom. The van der Waals surface area contributed by atoms with Crippen molar-refractivity contribution >= 4 is 0 Å². The van der Waals surface area contributed by atoms with Gasteiger partial charge in [0.1, 0.15) is 0 Å². The smallest absolute Gasteiger partial charge is 0.0772 e. The van der Waals surface area contributed by atoms with Gasteiger partial charge in [0.25, 0.3) is 0 Å². The normalized spacial score (nSPS) is 15.4. The van der Waals surface area contributed by atoms with Crippen molar-refractivity contribution in [2.75, 3.05) is 14.2 Å². The molecule has 0 fully saturated rings. The van der Waals surface area contributed by atoms with Crippen molar-refractivity contribution in [1.82, 2.24) is 5.32 Å². The molecule has 0 saturated carbocycles. The Labute approximate surface area is 112 Å². The molecule has 0 aliphatic carbocycles. The van der Waals surface area contributed by atoms with Crippen molar-refractivity contribution < 1.29 is 4.74 Å². The Bertz CT molecular complexity index is 329.